The molecule has 0 saturated heterocycles. The molecule has 0 N–H and O–H groups in total. The summed E-state index contributed by atoms with van der Waals surface area (Å²) in [6, 6.07) is 14.4. The van der Waals surface area contributed by atoms with Crippen molar-refractivity contribution in [2.45, 2.75) is 11.3 Å². The number of hydrogen-bond donors (Lipinski definition) is 0. The molecule has 2 aromatic carbocycles. The highest BCUT2D eigenvalue weighted by atomic mass is 32.2. The van der Waals surface area contributed by atoms with Crippen molar-refractivity contribution >= 4 is 22.3 Å². The Morgan fingerprint density at radius 3 is 2.24 bits per heavy atom. The Labute approximate surface area is 124 Å². The van der Waals surface area contributed by atoms with Crippen molar-refractivity contribution in [2.75, 3.05) is 5.75 Å². The van der Waals surface area contributed by atoms with Gasteiger partial charge in [-0.2, -0.15) is 0 Å². The number of ketones is 1. The summed E-state index contributed by atoms with van der Waals surface area (Å²) in [5.41, 5.74) is 0.550. The van der Waals surface area contributed by atoms with Gasteiger partial charge in [-0.15, -0.1) is 0 Å². The lowest BCUT2D eigenvalue weighted by Gasteiger charge is -2.02. The van der Waals surface area contributed by atoms with Gasteiger partial charge in [-0.1, -0.05) is 30.3 Å². The predicted molar refractivity (Wildman–Crippen MR) is 79.8 cm³/mol. The number of nitro benzene ring substituents is 1. The van der Waals surface area contributed by atoms with Gasteiger partial charge in [0.25, 0.3) is 5.69 Å². The second-order valence-electron chi connectivity index (χ2n) is 4.34. The molecule has 0 aliphatic rings. The van der Waals surface area contributed by atoms with E-state index in [1.54, 1.807) is 24.3 Å². The molecule has 108 valence electrons. The zero-order valence-electron chi connectivity index (χ0n) is 11.1. The van der Waals surface area contributed by atoms with Crippen LogP contribution in [-0.2, 0) is 10.8 Å². The Kier molecular flexibility index (Phi) is 4.94. The molecule has 0 aliphatic heterocycles. The van der Waals surface area contributed by atoms with Crippen LogP contribution in [0.4, 0.5) is 5.69 Å². The molecule has 2 rings (SSSR count). The first-order valence-electron chi connectivity index (χ1n) is 6.29. The predicted octanol–water partition coefficient (Wildman–Crippen LogP) is 2.98. The topological polar surface area (TPSA) is 77.3 Å². The van der Waals surface area contributed by atoms with E-state index in [0.717, 1.165) is 0 Å². The fourth-order valence-corrected chi connectivity index (χ4v) is 2.84. The normalized spacial score (nSPS) is 11.8. The third-order valence-electron chi connectivity index (χ3n) is 2.92. The number of hydrogen-bond acceptors (Lipinski definition) is 4. The van der Waals surface area contributed by atoms with E-state index in [9.17, 15) is 19.1 Å². The second-order valence-corrected chi connectivity index (χ2v) is 5.91. The van der Waals surface area contributed by atoms with Crippen molar-refractivity contribution in [1.82, 2.24) is 0 Å². The Hall–Kier alpha value is -2.34. The molecule has 5 nitrogen and oxygen atoms in total. The number of benzene rings is 2. The van der Waals surface area contributed by atoms with E-state index >= 15 is 0 Å². The van der Waals surface area contributed by atoms with Crippen LogP contribution in [0.15, 0.2) is 59.5 Å². The van der Waals surface area contributed by atoms with Gasteiger partial charge in [0, 0.05) is 34.8 Å². The van der Waals surface area contributed by atoms with E-state index in [2.05, 4.69) is 0 Å². The van der Waals surface area contributed by atoms with E-state index in [-0.39, 0.29) is 23.6 Å². The van der Waals surface area contributed by atoms with Gasteiger partial charge in [-0.3, -0.25) is 19.1 Å². The quantitative estimate of drug-likeness (QED) is 0.467. The summed E-state index contributed by atoms with van der Waals surface area (Å²) in [5, 5.41) is 10.5. The van der Waals surface area contributed by atoms with E-state index in [1.807, 2.05) is 6.07 Å². The van der Waals surface area contributed by atoms with Crippen LogP contribution in [0, 0.1) is 10.1 Å². The molecular formula is C15H13NO4S. The third-order valence-corrected chi connectivity index (χ3v) is 4.29. The first-order valence-corrected chi connectivity index (χ1v) is 7.61. The minimum absolute atomic E-state index is 0.0453. The van der Waals surface area contributed by atoms with Crippen molar-refractivity contribution in [3.63, 3.8) is 0 Å². The average Bonchev–Trinajstić information content (AvgIpc) is 2.53. The van der Waals surface area contributed by atoms with Crippen LogP contribution < -0.4 is 0 Å². The van der Waals surface area contributed by atoms with E-state index in [4.69, 9.17) is 0 Å². The third kappa shape index (κ3) is 4.06. The summed E-state index contributed by atoms with van der Waals surface area (Å²) in [4.78, 5) is 22.4. The van der Waals surface area contributed by atoms with Crippen molar-refractivity contribution < 1.29 is 13.9 Å². The number of carbonyl (C=O) groups excluding carboxylic acids is 1. The lowest BCUT2D eigenvalue weighted by atomic mass is 10.1. The number of non-ortho nitro benzene ring substituents is 1. The van der Waals surface area contributed by atoms with Gasteiger partial charge in [-0.25, -0.2) is 0 Å². The maximum absolute atomic E-state index is 12.1. The number of carbonyl (C=O) groups is 1. The van der Waals surface area contributed by atoms with Crippen LogP contribution in [-0.4, -0.2) is 20.7 Å². The summed E-state index contributed by atoms with van der Waals surface area (Å²) < 4.78 is 12.1. The molecule has 0 amide bonds. The van der Waals surface area contributed by atoms with Crippen molar-refractivity contribution in [3.05, 3.63) is 70.3 Å². The maximum atomic E-state index is 12.1. The highest BCUT2D eigenvalue weighted by molar-refractivity contribution is 7.85. The summed E-state index contributed by atoms with van der Waals surface area (Å²) in [7, 11) is -1.34. The Balaban J connectivity index is 1.96. The molecule has 0 aromatic heterocycles. The molecular weight excluding hydrogens is 290 g/mol. The van der Waals surface area contributed by atoms with Crippen molar-refractivity contribution in [3.8, 4) is 0 Å². The number of nitrogens with zero attached hydrogens (tertiary/aromatic N) is 1. The summed E-state index contributed by atoms with van der Waals surface area (Å²) in [6.45, 7) is 0. The maximum Gasteiger partial charge on any atom is 0.269 e. The highest BCUT2D eigenvalue weighted by Crippen LogP contribution is 2.15. The zero-order valence-corrected chi connectivity index (χ0v) is 11.9. The van der Waals surface area contributed by atoms with Gasteiger partial charge in [0.15, 0.2) is 5.78 Å². The molecule has 0 heterocycles. The molecule has 0 fully saturated rings. The lowest BCUT2D eigenvalue weighted by Crippen LogP contribution is -2.06. The Morgan fingerprint density at radius 1 is 1.05 bits per heavy atom. The number of rotatable bonds is 6. The van der Waals surface area contributed by atoms with Gasteiger partial charge >= 0.3 is 0 Å². The molecule has 0 aliphatic carbocycles. The van der Waals surface area contributed by atoms with Crippen molar-refractivity contribution in [1.29, 1.82) is 0 Å². The Bertz CT molecular complexity index is 668. The van der Waals surface area contributed by atoms with Gasteiger partial charge in [0.05, 0.1) is 15.7 Å². The monoisotopic (exact) mass is 303 g/mol. The number of nitro groups is 1. The van der Waals surface area contributed by atoms with E-state index in [1.165, 1.54) is 24.3 Å². The van der Waals surface area contributed by atoms with Gasteiger partial charge in [0.1, 0.15) is 0 Å². The van der Waals surface area contributed by atoms with Crippen LogP contribution in [0.2, 0.25) is 0 Å². The van der Waals surface area contributed by atoms with Crippen LogP contribution in [0.1, 0.15) is 16.8 Å². The van der Waals surface area contributed by atoms with Crippen LogP contribution in [0.3, 0.4) is 0 Å². The highest BCUT2D eigenvalue weighted by Gasteiger charge is 2.11. The summed E-state index contributed by atoms with van der Waals surface area (Å²) >= 11 is 0. The summed E-state index contributed by atoms with van der Waals surface area (Å²) in [6.07, 6.45) is 0.174. The van der Waals surface area contributed by atoms with Gasteiger partial charge in [0.2, 0.25) is 0 Å². The first kappa shape index (κ1) is 15.1. The second kappa shape index (κ2) is 6.90. The lowest BCUT2D eigenvalue weighted by molar-refractivity contribution is -0.384. The van der Waals surface area contributed by atoms with Crippen LogP contribution in [0.5, 0.6) is 0 Å². The molecule has 1 unspecified atom stereocenters. The smallest absolute Gasteiger partial charge is 0.269 e. The summed E-state index contributed by atoms with van der Waals surface area (Å²) in [5.74, 6) is 0.136. The van der Waals surface area contributed by atoms with Crippen molar-refractivity contribution in [2.24, 2.45) is 0 Å². The minimum atomic E-state index is -1.34. The molecule has 1 atom stereocenters. The van der Waals surface area contributed by atoms with E-state index < -0.39 is 15.7 Å². The molecule has 21 heavy (non-hydrogen) atoms. The molecule has 0 radical (unpaired) electrons. The fraction of sp³-hybridized carbons (Fsp3) is 0.133. The minimum Gasteiger partial charge on any atom is -0.294 e. The number of Topliss-reactive ketones (excluding diaryl/α,β-unsaturated/α-hetero) is 1. The fourth-order valence-electron chi connectivity index (χ4n) is 1.79. The van der Waals surface area contributed by atoms with Gasteiger partial charge < -0.3 is 0 Å². The first-order chi connectivity index (χ1) is 10.1. The Morgan fingerprint density at radius 2 is 1.67 bits per heavy atom. The standard InChI is InChI=1S/C15H13NO4S/c17-15(12-4-2-1-3-5-12)10-11-21(20)14-8-6-13(7-9-14)16(18)19/h1-9H,10-11H2. The SMILES string of the molecule is O=C(CCS(=O)c1ccc([N+](=O)[O-])cc1)c1ccccc1. The van der Waals surface area contributed by atoms with Crippen LogP contribution in [0.25, 0.3) is 0 Å². The largest absolute Gasteiger partial charge is 0.294 e. The van der Waals surface area contributed by atoms with Crippen LogP contribution >= 0.6 is 0 Å². The molecule has 0 saturated carbocycles. The molecule has 2 aromatic rings. The molecule has 0 spiro atoms. The molecule has 6 heteroatoms. The van der Waals surface area contributed by atoms with E-state index in [0.29, 0.717) is 10.5 Å². The molecule has 0 bridgehead atoms. The zero-order chi connectivity index (χ0) is 15.2. The van der Waals surface area contributed by atoms with Gasteiger partial charge in [-0.05, 0) is 12.1 Å². The average molecular weight is 303 g/mol.